The summed E-state index contributed by atoms with van der Waals surface area (Å²) in [6.07, 6.45) is 2.42. The Labute approximate surface area is 165 Å². The fraction of sp³-hybridized carbons (Fsp3) is 0.182. The molecule has 0 saturated heterocycles. The van der Waals surface area contributed by atoms with Gasteiger partial charge in [-0.2, -0.15) is 0 Å². The monoisotopic (exact) mass is 395 g/mol. The van der Waals surface area contributed by atoms with Crippen LogP contribution in [0.3, 0.4) is 0 Å². The Morgan fingerprint density at radius 3 is 2.48 bits per heavy atom. The molecule has 148 valence electrons. The van der Waals surface area contributed by atoms with Crippen LogP contribution in [0.4, 0.5) is 8.78 Å². The molecule has 4 aromatic rings. The lowest BCUT2D eigenvalue weighted by atomic mass is 10.2. The number of rotatable bonds is 6. The van der Waals surface area contributed by atoms with Gasteiger partial charge in [-0.05, 0) is 54.4 Å². The van der Waals surface area contributed by atoms with Gasteiger partial charge >= 0.3 is 0 Å². The van der Waals surface area contributed by atoms with E-state index < -0.39 is 5.82 Å². The summed E-state index contributed by atoms with van der Waals surface area (Å²) in [4.78, 5) is 24.9. The maximum Gasteiger partial charge on any atom is 0.275 e. The Morgan fingerprint density at radius 2 is 1.69 bits per heavy atom. The maximum absolute atomic E-state index is 13.8. The Balaban J connectivity index is 1.47. The van der Waals surface area contributed by atoms with Crippen LogP contribution in [0.25, 0.3) is 16.6 Å². The van der Waals surface area contributed by atoms with Crippen LogP contribution in [0.1, 0.15) is 18.4 Å². The summed E-state index contributed by atoms with van der Waals surface area (Å²) in [6, 6.07) is 13.7. The molecule has 0 aliphatic carbocycles. The van der Waals surface area contributed by atoms with Gasteiger partial charge in [-0.1, -0.05) is 12.1 Å². The van der Waals surface area contributed by atoms with Gasteiger partial charge in [0.15, 0.2) is 0 Å². The van der Waals surface area contributed by atoms with E-state index >= 15 is 0 Å². The molecular weight excluding hydrogens is 376 g/mol. The number of hydrogen-bond acceptors (Lipinski definition) is 2. The fourth-order valence-electron chi connectivity index (χ4n) is 3.44. The van der Waals surface area contributed by atoms with Crippen molar-refractivity contribution in [2.24, 2.45) is 0 Å². The number of nitrogens with zero attached hydrogens (tertiary/aromatic N) is 2. The molecule has 0 fully saturated rings. The SMILES string of the molecule is O=C(CCCn1c(=O)c2cccn2c2ccc(F)cc21)NCc1ccc(F)cc1. The third kappa shape index (κ3) is 3.89. The largest absolute Gasteiger partial charge is 0.352 e. The minimum absolute atomic E-state index is 0.165. The first-order valence-electron chi connectivity index (χ1n) is 9.33. The second-order valence-corrected chi connectivity index (χ2v) is 6.86. The summed E-state index contributed by atoms with van der Waals surface area (Å²) < 4.78 is 30.0. The van der Waals surface area contributed by atoms with Crippen molar-refractivity contribution >= 4 is 22.5 Å². The summed E-state index contributed by atoms with van der Waals surface area (Å²) in [6.45, 7) is 0.605. The predicted molar refractivity (Wildman–Crippen MR) is 107 cm³/mol. The molecule has 2 aromatic heterocycles. The lowest BCUT2D eigenvalue weighted by Gasteiger charge is -2.13. The number of aromatic nitrogens is 2. The van der Waals surface area contributed by atoms with Gasteiger partial charge in [0.25, 0.3) is 5.56 Å². The van der Waals surface area contributed by atoms with Gasteiger partial charge < -0.3 is 14.3 Å². The van der Waals surface area contributed by atoms with E-state index in [1.54, 1.807) is 40.9 Å². The maximum atomic E-state index is 13.8. The smallest absolute Gasteiger partial charge is 0.275 e. The van der Waals surface area contributed by atoms with Crippen LogP contribution in [0.2, 0.25) is 0 Å². The molecule has 29 heavy (non-hydrogen) atoms. The van der Waals surface area contributed by atoms with Crippen molar-refractivity contribution in [1.82, 2.24) is 14.3 Å². The highest BCUT2D eigenvalue weighted by Gasteiger charge is 2.12. The van der Waals surface area contributed by atoms with Crippen molar-refractivity contribution in [3.63, 3.8) is 0 Å². The molecule has 0 spiro atoms. The van der Waals surface area contributed by atoms with E-state index in [2.05, 4.69) is 5.32 Å². The van der Waals surface area contributed by atoms with Crippen LogP contribution >= 0.6 is 0 Å². The summed E-state index contributed by atoms with van der Waals surface area (Å²) in [5, 5.41) is 2.78. The number of halogens is 2. The number of nitrogens with one attached hydrogen (secondary N) is 1. The highest BCUT2D eigenvalue weighted by Crippen LogP contribution is 2.17. The van der Waals surface area contributed by atoms with Gasteiger partial charge in [-0.15, -0.1) is 0 Å². The van der Waals surface area contributed by atoms with Gasteiger partial charge in [0.05, 0.1) is 11.0 Å². The highest BCUT2D eigenvalue weighted by molar-refractivity contribution is 5.79. The third-order valence-electron chi connectivity index (χ3n) is 4.89. The van der Waals surface area contributed by atoms with E-state index in [1.165, 1.54) is 28.8 Å². The molecule has 0 atom stereocenters. The first-order valence-corrected chi connectivity index (χ1v) is 9.33. The molecule has 4 rings (SSSR count). The number of fused-ring (bicyclic) bond motifs is 3. The second kappa shape index (κ2) is 7.87. The van der Waals surface area contributed by atoms with Crippen molar-refractivity contribution in [2.45, 2.75) is 25.9 Å². The van der Waals surface area contributed by atoms with Crippen molar-refractivity contribution in [1.29, 1.82) is 0 Å². The van der Waals surface area contributed by atoms with E-state index in [0.717, 1.165) is 11.1 Å². The molecule has 2 heterocycles. The molecule has 0 radical (unpaired) electrons. The Bertz CT molecular complexity index is 1240. The molecule has 2 aromatic carbocycles. The second-order valence-electron chi connectivity index (χ2n) is 6.86. The van der Waals surface area contributed by atoms with Crippen LogP contribution in [-0.2, 0) is 17.9 Å². The van der Waals surface area contributed by atoms with Crippen LogP contribution in [-0.4, -0.2) is 14.9 Å². The van der Waals surface area contributed by atoms with Crippen LogP contribution in [0, 0.1) is 11.6 Å². The van der Waals surface area contributed by atoms with E-state index in [-0.39, 0.29) is 23.7 Å². The van der Waals surface area contributed by atoms with Gasteiger partial charge in [-0.25, -0.2) is 8.78 Å². The summed E-state index contributed by atoms with van der Waals surface area (Å²) in [5.41, 5.74) is 2.30. The molecule has 0 bridgehead atoms. The van der Waals surface area contributed by atoms with Gasteiger partial charge in [0.2, 0.25) is 5.91 Å². The molecule has 0 saturated carbocycles. The third-order valence-corrected chi connectivity index (χ3v) is 4.89. The fourth-order valence-corrected chi connectivity index (χ4v) is 3.44. The quantitative estimate of drug-likeness (QED) is 0.542. The van der Waals surface area contributed by atoms with Gasteiger partial charge in [0, 0.05) is 25.7 Å². The molecule has 1 N–H and O–H groups in total. The minimum Gasteiger partial charge on any atom is -0.352 e. The highest BCUT2D eigenvalue weighted by atomic mass is 19.1. The van der Waals surface area contributed by atoms with E-state index in [1.807, 2.05) is 0 Å². The molecule has 0 aliphatic rings. The topological polar surface area (TPSA) is 55.5 Å². The average Bonchev–Trinajstić information content (AvgIpc) is 3.20. The van der Waals surface area contributed by atoms with Gasteiger partial charge in [0.1, 0.15) is 17.2 Å². The Morgan fingerprint density at radius 1 is 0.931 bits per heavy atom. The van der Waals surface area contributed by atoms with Crippen molar-refractivity contribution in [2.75, 3.05) is 0 Å². The Hall–Kier alpha value is -3.48. The van der Waals surface area contributed by atoms with E-state index in [9.17, 15) is 18.4 Å². The predicted octanol–water partition coefficient (Wildman–Crippen LogP) is 3.63. The standard InChI is InChI=1S/C22H19F2N3O2/c23-16-7-5-15(6-8-16)14-25-21(28)4-2-12-27-20-13-17(24)9-10-18(20)26-11-1-3-19(26)22(27)29/h1,3,5-11,13H,2,4,12,14H2,(H,25,28). The van der Waals surface area contributed by atoms with Crippen LogP contribution in [0.15, 0.2) is 65.6 Å². The summed E-state index contributed by atoms with van der Waals surface area (Å²) in [7, 11) is 0. The van der Waals surface area contributed by atoms with Crippen molar-refractivity contribution in [3.05, 3.63) is 88.3 Å². The first kappa shape index (κ1) is 18.9. The molecule has 0 unspecified atom stereocenters. The van der Waals surface area contributed by atoms with E-state index in [0.29, 0.717) is 30.5 Å². The molecule has 7 heteroatoms. The Kier molecular flexibility index (Phi) is 5.12. The number of carbonyl (C=O) groups excluding carboxylic acids is 1. The lowest BCUT2D eigenvalue weighted by Crippen LogP contribution is -2.25. The molecular formula is C22H19F2N3O2. The normalized spacial score (nSPS) is 11.2. The number of amides is 1. The van der Waals surface area contributed by atoms with E-state index in [4.69, 9.17) is 0 Å². The zero-order valence-electron chi connectivity index (χ0n) is 15.6. The zero-order chi connectivity index (χ0) is 20.4. The molecule has 0 aliphatic heterocycles. The van der Waals surface area contributed by atoms with Crippen molar-refractivity contribution < 1.29 is 13.6 Å². The minimum atomic E-state index is -0.422. The first-order chi connectivity index (χ1) is 14.0. The molecule has 5 nitrogen and oxygen atoms in total. The van der Waals surface area contributed by atoms with Gasteiger partial charge in [-0.3, -0.25) is 9.59 Å². The lowest BCUT2D eigenvalue weighted by molar-refractivity contribution is -0.121. The number of aryl methyl sites for hydroxylation is 1. The van der Waals surface area contributed by atoms with Crippen LogP contribution < -0.4 is 10.9 Å². The molecule has 1 amide bonds. The summed E-state index contributed by atoms with van der Waals surface area (Å²) in [5.74, 6) is -0.912. The zero-order valence-corrected chi connectivity index (χ0v) is 15.6. The van der Waals surface area contributed by atoms with Crippen molar-refractivity contribution in [3.8, 4) is 0 Å². The number of hydrogen-bond donors (Lipinski definition) is 1. The van der Waals surface area contributed by atoms with Crippen LogP contribution in [0.5, 0.6) is 0 Å². The number of benzene rings is 2. The number of carbonyl (C=O) groups is 1. The summed E-state index contributed by atoms with van der Waals surface area (Å²) >= 11 is 0. The average molecular weight is 395 g/mol.